The monoisotopic (exact) mass is 332 g/mol. The summed E-state index contributed by atoms with van der Waals surface area (Å²) in [6.07, 6.45) is 0. The van der Waals surface area contributed by atoms with E-state index in [1.807, 2.05) is 24.3 Å². The Morgan fingerprint density at radius 2 is 1.06 bits per heavy atom. The van der Waals surface area contributed by atoms with Crippen molar-refractivity contribution in [1.82, 2.24) is 0 Å². The third-order valence-corrected chi connectivity index (χ3v) is 2.79. The quantitative estimate of drug-likeness (QED) is 0.624. The van der Waals surface area contributed by atoms with Crippen molar-refractivity contribution in [1.29, 1.82) is 0 Å². The molecule has 86 valence electrons. The molecule has 0 aliphatic heterocycles. The molecular weight excluding hydrogens is 315 g/mol. The van der Waals surface area contributed by atoms with Crippen molar-refractivity contribution in [2.75, 3.05) is 11.5 Å². The van der Waals surface area contributed by atoms with Crippen molar-refractivity contribution in [2.24, 2.45) is 0 Å². The smallest absolute Gasteiger partial charge is 0.0317 e. The van der Waals surface area contributed by atoms with E-state index in [-0.39, 0.29) is 23.9 Å². The molecule has 0 unspecified atom stereocenters. The molecule has 0 spiro atoms. The van der Waals surface area contributed by atoms with Crippen molar-refractivity contribution < 1.29 is 0 Å². The summed E-state index contributed by atoms with van der Waals surface area (Å²) in [6.45, 7) is 4.14. The third kappa shape index (κ3) is 2.94. The Kier molecular flexibility index (Phi) is 4.46. The number of rotatable bonds is 1. The van der Waals surface area contributed by atoms with Gasteiger partial charge in [-0.2, -0.15) is 0 Å². The molecule has 0 aliphatic rings. The minimum absolute atomic E-state index is 0. The summed E-state index contributed by atoms with van der Waals surface area (Å²) in [5.41, 5.74) is 17.9. The van der Waals surface area contributed by atoms with Crippen molar-refractivity contribution in [3.8, 4) is 11.1 Å². The van der Waals surface area contributed by atoms with Crippen LogP contribution in [-0.4, -0.2) is 23.9 Å². The summed E-state index contributed by atoms with van der Waals surface area (Å²) < 4.78 is 0. The van der Waals surface area contributed by atoms with Gasteiger partial charge in [-0.15, -0.1) is 0 Å². The second kappa shape index (κ2) is 5.45. The number of anilines is 2. The van der Waals surface area contributed by atoms with E-state index in [0.29, 0.717) is 0 Å². The Hall–Kier alpha value is -1.16. The average Bonchev–Trinajstić information content (AvgIpc) is 2.19. The van der Waals surface area contributed by atoms with E-state index < -0.39 is 0 Å². The molecule has 2 rings (SSSR count). The van der Waals surface area contributed by atoms with E-state index >= 15 is 0 Å². The summed E-state index contributed by atoms with van der Waals surface area (Å²) in [5.74, 6) is 0. The van der Waals surface area contributed by atoms with Crippen LogP contribution < -0.4 is 11.5 Å². The average molecular weight is 331 g/mol. The predicted octanol–water partition coefficient (Wildman–Crippen LogP) is 2.75. The van der Waals surface area contributed by atoms with Gasteiger partial charge in [-0.25, -0.2) is 0 Å². The van der Waals surface area contributed by atoms with Gasteiger partial charge < -0.3 is 11.5 Å². The zero-order valence-corrected chi connectivity index (χ0v) is 13.0. The van der Waals surface area contributed by atoms with Crippen LogP contribution in [0.25, 0.3) is 11.1 Å². The Morgan fingerprint density at radius 1 is 0.706 bits per heavy atom. The maximum Gasteiger partial charge on any atom is 0.0317 e. The summed E-state index contributed by atoms with van der Waals surface area (Å²) in [5, 5.41) is 0. The van der Waals surface area contributed by atoms with Crippen LogP contribution in [0.2, 0.25) is 0 Å². The first kappa shape index (κ1) is 13.9. The molecule has 2 nitrogen and oxygen atoms in total. The fourth-order valence-electron chi connectivity index (χ4n) is 1.98. The van der Waals surface area contributed by atoms with Crippen LogP contribution in [-0.2, 0) is 0 Å². The number of aryl methyl sites for hydroxylation is 2. The van der Waals surface area contributed by atoms with Gasteiger partial charge in [0.15, 0.2) is 0 Å². The molecule has 4 radical (unpaired) electrons. The Morgan fingerprint density at radius 3 is 1.35 bits per heavy atom. The zero-order valence-electron chi connectivity index (χ0n) is 10.1. The first-order valence-electron chi connectivity index (χ1n) is 5.30. The van der Waals surface area contributed by atoms with Crippen molar-refractivity contribution in [2.45, 2.75) is 13.8 Å². The molecule has 3 heteroatoms. The molecule has 0 saturated carbocycles. The van der Waals surface area contributed by atoms with Crippen LogP contribution >= 0.6 is 0 Å². The predicted molar refractivity (Wildman–Crippen MR) is 75.9 cm³/mol. The van der Waals surface area contributed by atoms with Crippen molar-refractivity contribution in [3.63, 3.8) is 0 Å². The molecular formula is C14H16N2Sn. The van der Waals surface area contributed by atoms with Gasteiger partial charge in [-0.05, 0) is 60.4 Å². The van der Waals surface area contributed by atoms with Crippen LogP contribution in [0.15, 0.2) is 36.4 Å². The van der Waals surface area contributed by atoms with Crippen molar-refractivity contribution >= 4 is 35.3 Å². The normalized spacial score (nSPS) is 9.76. The SMILES string of the molecule is Cc1cc(N)ccc1-c1ccc(N)cc1C.[Sn]. The molecule has 2 aromatic carbocycles. The van der Waals surface area contributed by atoms with Crippen LogP contribution in [0.5, 0.6) is 0 Å². The molecule has 0 amide bonds. The number of hydrogen-bond acceptors (Lipinski definition) is 2. The summed E-state index contributed by atoms with van der Waals surface area (Å²) in [4.78, 5) is 0. The van der Waals surface area contributed by atoms with Gasteiger partial charge in [0.1, 0.15) is 0 Å². The van der Waals surface area contributed by atoms with E-state index in [0.717, 1.165) is 11.4 Å². The van der Waals surface area contributed by atoms with Gasteiger partial charge in [0.05, 0.1) is 0 Å². The Labute approximate surface area is 119 Å². The van der Waals surface area contributed by atoms with E-state index in [1.54, 1.807) is 0 Å². The molecule has 0 saturated heterocycles. The van der Waals surface area contributed by atoms with Crippen LogP contribution in [0.3, 0.4) is 0 Å². The Balaban J connectivity index is 0.00000144. The van der Waals surface area contributed by atoms with E-state index in [4.69, 9.17) is 11.5 Å². The second-order valence-corrected chi connectivity index (χ2v) is 4.15. The van der Waals surface area contributed by atoms with Gasteiger partial charge in [-0.3, -0.25) is 0 Å². The molecule has 0 bridgehead atoms. The van der Waals surface area contributed by atoms with Gasteiger partial charge in [0, 0.05) is 35.3 Å². The molecule has 0 fully saturated rings. The number of nitrogen functional groups attached to an aromatic ring is 2. The molecule has 0 heterocycles. The number of nitrogens with two attached hydrogens (primary N) is 2. The topological polar surface area (TPSA) is 52.0 Å². The van der Waals surface area contributed by atoms with Gasteiger partial charge >= 0.3 is 0 Å². The number of benzene rings is 2. The summed E-state index contributed by atoms with van der Waals surface area (Å²) in [7, 11) is 0. The molecule has 0 aliphatic carbocycles. The minimum Gasteiger partial charge on any atom is -0.399 e. The van der Waals surface area contributed by atoms with Crippen LogP contribution in [0.1, 0.15) is 11.1 Å². The fraction of sp³-hybridized carbons (Fsp3) is 0.143. The Bertz CT molecular complexity index is 486. The second-order valence-electron chi connectivity index (χ2n) is 4.15. The zero-order chi connectivity index (χ0) is 11.7. The maximum atomic E-state index is 5.75. The van der Waals surface area contributed by atoms with Gasteiger partial charge in [-0.1, -0.05) is 12.1 Å². The molecule has 2 aromatic rings. The first-order valence-corrected chi connectivity index (χ1v) is 5.30. The van der Waals surface area contributed by atoms with Gasteiger partial charge in [0.2, 0.25) is 0 Å². The molecule has 0 atom stereocenters. The number of hydrogen-bond donors (Lipinski definition) is 2. The maximum absolute atomic E-state index is 5.75. The summed E-state index contributed by atoms with van der Waals surface area (Å²) >= 11 is 0. The molecule has 0 aromatic heterocycles. The minimum atomic E-state index is 0. The van der Waals surface area contributed by atoms with E-state index in [1.165, 1.54) is 22.3 Å². The molecule has 17 heavy (non-hydrogen) atoms. The summed E-state index contributed by atoms with van der Waals surface area (Å²) in [6, 6.07) is 12.0. The standard InChI is InChI=1S/C14H16N2.Sn/c1-9-7-11(15)3-5-13(9)14-6-4-12(16)8-10(14)2;/h3-8H,15-16H2,1-2H3;. The largest absolute Gasteiger partial charge is 0.399 e. The molecule has 4 N–H and O–H groups in total. The van der Waals surface area contributed by atoms with E-state index in [9.17, 15) is 0 Å². The van der Waals surface area contributed by atoms with Crippen LogP contribution in [0.4, 0.5) is 11.4 Å². The first-order chi connectivity index (χ1) is 7.58. The van der Waals surface area contributed by atoms with E-state index in [2.05, 4.69) is 26.0 Å². The van der Waals surface area contributed by atoms with Crippen molar-refractivity contribution in [3.05, 3.63) is 47.5 Å². The fourth-order valence-corrected chi connectivity index (χ4v) is 1.98. The van der Waals surface area contributed by atoms with Gasteiger partial charge in [0.25, 0.3) is 0 Å². The van der Waals surface area contributed by atoms with Crippen LogP contribution in [0, 0.1) is 13.8 Å². The third-order valence-electron chi connectivity index (χ3n) is 2.79.